The molecule has 96 valence electrons. The second-order valence-corrected chi connectivity index (χ2v) is 5.15. The predicted molar refractivity (Wildman–Crippen MR) is 71.4 cm³/mol. The summed E-state index contributed by atoms with van der Waals surface area (Å²) < 4.78 is 5.80. The van der Waals surface area contributed by atoms with Crippen molar-refractivity contribution in [2.75, 3.05) is 13.6 Å². The Labute approximate surface area is 113 Å². The van der Waals surface area contributed by atoms with Crippen LogP contribution in [-0.2, 0) is 11.3 Å². The van der Waals surface area contributed by atoms with Gasteiger partial charge in [-0.1, -0.05) is 17.7 Å². The van der Waals surface area contributed by atoms with Crippen LogP contribution in [0.25, 0.3) is 0 Å². The highest BCUT2D eigenvalue weighted by atomic mass is 35.5. The summed E-state index contributed by atoms with van der Waals surface area (Å²) >= 11 is 6.09. The van der Waals surface area contributed by atoms with Gasteiger partial charge in [0.1, 0.15) is 0 Å². The van der Waals surface area contributed by atoms with Crippen LogP contribution in [0.2, 0.25) is 5.02 Å². The molecule has 0 saturated heterocycles. The van der Waals surface area contributed by atoms with Crippen LogP contribution in [0, 0.1) is 17.2 Å². The van der Waals surface area contributed by atoms with E-state index in [4.69, 9.17) is 21.6 Å². The smallest absolute Gasteiger partial charge is 0.0992 e. The SMILES string of the molecule is CNCC1CC(OCc2ccc(C#N)cc2Cl)C1. The molecular formula is C14H17ClN2O. The molecule has 1 N–H and O–H groups in total. The van der Waals surface area contributed by atoms with Gasteiger partial charge in [-0.05, 0) is 50.0 Å². The van der Waals surface area contributed by atoms with E-state index in [1.54, 1.807) is 12.1 Å². The van der Waals surface area contributed by atoms with Crippen LogP contribution in [0.3, 0.4) is 0 Å². The minimum atomic E-state index is 0.357. The molecule has 1 aliphatic rings. The monoisotopic (exact) mass is 264 g/mol. The van der Waals surface area contributed by atoms with Crippen LogP contribution < -0.4 is 5.32 Å². The topological polar surface area (TPSA) is 45.0 Å². The fourth-order valence-electron chi connectivity index (χ4n) is 2.21. The summed E-state index contributed by atoms with van der Waals surface area (Å²) in [6.45, 7) is 1.60. The zero-order valence-electron chi connectivity index (χ0n) is 10.4. The largest absolute Gasteiger partial charge is 0.373 e. The Kier molecular flexibility index (Phi) is 4.60. The first-order chi connectivity index (χ1) is 8.72. The first-order valence-corrected chi connectivity index (χ1v) is 6.55. The molecule has 0 atom stereocenters. The Morgan fingerprint density at radius 1 is 1.50 bits per heavy atom. The summed E-state index contributed by atoms with van der Waals surface area (Å²) in [7, 11) is 1.98. The summed E-state index contributed by atoms with van der Waals surface area (Å²) in [5, 5.41) is 12.5. The first kappa shape index (κ1) is 13.4. The highest BCUT2D eigenvalue weighted by Crippen LogP contribution is 2.30. The van der Waals surface area contributed by atoms with Crippen LogP contribution in [0.4, 0.5) is 0 Å². The summed E-state index contributed by atoms with van der Waals surface area (Å²) in [5.74, 6) is 0.747. The number of hydrogen-bond donors (Lipinski definition) is 1. The molecule has 0 unspecified atom stereocenters. The molecule has 0 heterocycles. The molecule has 3 nitrogen and oxygen atoms in total. The van der Waals surface area contributed by atoms with Crippen molar-refractivity contribution >= 4 is 11.6 Å². The lowest BCUT2D eigenvalue weighted by Gasteiger charge is -2.35. The summed E-state index contributed by atoms with van der Waals surface area (Å²) in [4.78, 5) is 0. The number of rotatable bonds is 5. The molecule has 0 amide bonds. The standard InChI is InChI=1S/C14H17ClN2O/c1-17-8-11-4-13(5-11)18-9-12-3-2-10(7-16)6-14(12)15/h2-3,6,11,13,17H,4-5,8-9H2,1H3. The van der Waals surface area contributed by atoms with Gasteiger partial charge in [-0.2, -0.15) is 5.26 Å². The molecule has 0 aliphatic heterocycles. The van der Waals surface area contributed by atoms with Crippen LogP contribution in [-0.4, -0.2) is 19.7 Å². The molecule has 18 heavy (non-hydrogen) atoms. The van der Waals surface area contributed by atoms with Crippen molar-refractivity contribution in [1.29, 1.82) is 5.26 Å². The lowest BCUT2D eigenvalue weighted by molar-refractivity contribution is -0.0391. The number of halogens is 1. The van der Waals surface area contributed by atoms with Gasteiger partial charge in [0.05, 0.1) is 24.3 Å². The summed E-state index contributed by atoms with van der Waals surface area (Å²) in [6.07, 6.45) is 2.60. The van der Waals surface area contributed by atoms with Gasteiger partial charge in [0.2, 0.25) is 0 Å². The van der Waals surface area contributed by atoms with E-state index < -0.39 is 0 Å². The summed E-state index contributed by atoms with van der Waals surface area (Å²) in [5.41, 5.74) is 1.54. The van der Waals surface area contributed by atoms with Gasteiger partial charge < -0.3 is 10.1 Å². The number of nitriles is 1. The van der Waals surface area contributed by atoms with E-state index in [1.807, 2.05) is 13.1 Å². The van der Waals surface area contributed by atoms with E-state index in [9.17, 15) is 0 Å². The van der Waals surface area contributed by atoms with E-state index in [0.29, 0.717) is 23.3 Å². The third-order valence-corrected chi connectivity index (χ3v) is 3.69. The molecule has 0 bridgehead atoms. The van der Waals surface area contributed by atoms with E-state index >= 15 is 0 Å². The zero-order chi connectivity index (χ0) is 13.0. The van der Waals surface area contributed by atoms with Crippen molar-refractivity contribution in [2.24, 2.45) is 5.92 Å². The van der Waals surface area contributed by atoms with Gasteiger partial charge in [0, 0.05) is 5.02 Å². The van der Waals surface area contributed by atoms with Crippen molar-refractivity contribution in [2.45, 2.75) is 25.6 Å². The molecule has 2 rings (SSSR count). The van der Waals surface area contributed by atoms with E-state index in [2.05, 4.69) is 11.4 Å². The maximum absolute atomic E-state index is 8.75. The first-order valence-electron chi connectivity index (χ1n) is 6.17. The second-order valence-electron chi connectivity index (χ2n) is 4.75. The van der Waals surface area contributed by atoms with Crippen molar-refractivity contribution in [1.82, 2.24) is 5.32 Å². The Morgan fingerprint density at radius 2 is 2.28 bits per heavy atom. The minimum absolute atomic E-state index is 0.357. The molecule has 4 heteroatoms. The highest BCUT2D eigenvalue weighted by molar-refractivity contribution is 6.31. The average molecular weight is 265 g/mol. The normalized spacial score (nSPS) is 22.3. The Hall–Kier alpha value is -1.08. The lowest BCUT2D eigenvalue weighted by atomic mass is 9.82. The van der Waals surface area contributed by atoms with Gasteiger partial charge >= 0.3 is 0 Å². The van der Waals surface area contributed by atoms with Crippen LogP contribution in [0.1, 0.15) is 24.0 Å². The Morgan fingerprint density at radius 3 is 2.89 bits per heavy atom. The zero-order valence-corrected chi connectivity index (χ0v) is 11.2. The molecule has 1 aliphatic carbocycles. The number of nitrogens with one attached hydrogen (secondary N) is 1. The Bertz CT molecular complexity index is 450. The minimum Gasteiger partial charge on any atom is -0.373 e. The third-order valence-electron chi connectivity index (χ3n) is 3.34. The average Bonchev–Trinajstić information content (AvgIpc) is 2.33. The third kappa shape index (κ3) is 3.23. The van der Waals surface area contributed by atoms with Crippen LogP contribution in [0.15, 0.2) is 18.2 Å². The maximum Gasteiger partial charge on any atom is 0.0992 e. The number of nitrogens with zero attached hydrogens (tertiary/aromatic N) is 1. The fraction of sp³-hybridized carbons (Fsp3) is 0.500. The van der Waals surface area contributed by atoms with Gasteiger partial charge in [-0.3, -0.25) is 0 Å². The number of benzene rings is 1. The second kappa shape index (κ2) is 6.19. The fourth-order valence-corrected chi connectivity index (χ4v) is 2.44. The Balaban J connectivity index is 1.80. The van der Waals surface area contributed by atoms with Crippen molar-refractivity contribution in [3.8, 4) is 6.07 Å². The maximum atomic E-state index is 8.75. The van der Waals surface area contributed by atoms with Crippen LogP contribution in [0.5, 0.6) is 0 Å². The molecule has 1 aromatic carbocycles. The van der Waals surface area contributed by atoms with Crippen molar-refractivity contribution in [3.05, 3.63) is 34.3 Å². The van der Waals surface area contributed by atoms with E-state index in [-0.39, 0.29) is 0 Å². The van der Waals surface area contributed by atoms with E-state index in [1.165, 1.54) is 0 Å². The predicted octanol–water partition coefficient (Wildman–Crippen LogP) is 2.73. The highest BCUT2D eigenvalue weighted by Gasteiger charge is 2.29. The number of hydrogen-bond acceptors (Lipinski definition) is 3. The lowest BCUT2D eigenvalue weighted by Crippen LogP contribution is -2.36. The molecule has 0 spiro atoms. The molecule has 0 aromatic heterocycles. The van der Waals surface area contributed by atoms with E-state index in [0.717, 1.165) is 30.9 Å². The molecule has 1 saturated carbocycles. The number of ether oxygens (including phenoxy) is 1. The van der Waals surface area contributed by atoms with Crippen LogP contribution >= 0.6 is 11.6 Å². The quantitative estimate of drug-likeness (QED) is 0.889. The van der Waals surface area contributed by atoms with Gasteiger partial charge in [0.25, 0.3) is 0 Å². The molecule has 0 radical (unpaired) electrons. The molecule has 1 fully saturated rings. The van der Waals surface area contributed by atoms with Gasteiger partial charge in [-0.25, -0.2) is 0 Å². The molecular weight excluding hydrogens is 248 g/mol. The van der Waals surface area contributed by atoms with Crippen molar-refractivity contribution < 1.29 is 4.74 Å². The molecule has 1 aromatic rings. The summed E-state index contributed by atoms with van der Waals surface area (Å²) in [6, 6.07) is 7.39. The van der Waals surface area contributed by atoms with Gasteiger partial charge in [0.15, 0.2) is 0 Å². The van der Waals surface area contributed by atoms with Gasteiger partial charge in [-0.15, -0.1) is 0 Å². The van der Waals surface area contributed by atoms with Crippen molar-refractivity contribution in [3.63, 3.8) is 0 Å².